The first kappa shape index (κ1) is 14.2. The highest BCUT2D eigenvalue weighted by atomic mass is 35.5. The Morgan fingerprint density at radius 1 is 1.10 bits per heavy atom. The Labute approximate surface area is 117 Å². The molecule has 0 spiro atoms. The first-order valence-corrected chi connectivity index (χ1v) is 5.77. The van der Waals surface area contributed by atoms with Crippen LogP contribution >= 0.6 is 11.6 Å². The molecule has 2 aromatic rings. The number of nitrogens with two attached hydrogens (primary N) is 1. The Balaban J connectivity index is 2.31. The van der Waals surface area contributed by atoms with Crippen molar-refractivity contribution in [2.24, 2.45) is 0 Å². The summed E-state index contributed by atoms with van der Waals surface area (Å²) in [5, 5.41) is 2.31. The van der Waals surface area contributed by atoms with Gasteiger partial charge in [-0.2, -0.15) is 0 Å². The van der Waals surface area contributed by atoms with Crippen molar-refractivity contribution in [3.05, 3.63) is 58.4 Å². The first-order valence-electron chi connectivity index (χ1n) is 5.39. The van der Waals surface area contributed by atoms with Crippen LogP contribution in [-0.2, 0) is 0 Å². The maximum Gasteiger partial charge on any atom is 0.257 e. The molecular weight excluding hydrogens is 293 g/mol. The third-order valence-corrected chi connectivity index (χ3v) is 2.83. The van der Waals surface area contributed by atoms with Crippen LogP contribution in [0.2, 0.25) is 5.02 Å². The van der Waals surface area contributed by atoms with Crippen LogP contribution in [0.1, 0.15) is 10.4 Å². The minimum atomic E-state index is -1.20. The van der Waals surface area contributed by atoms with Crippen molar-refractivity contribution >= 4 is 28.9 Å². The molecule has 1 amide bonds. The van der Waals surface area contributed by atoms with E-state index in [2.05, 4.69) is 5.32 Å². The monoisotopic (exact) mass is 300 g/mol. The minimum absolute atomic E-state index is 0.0282. The van der Waals surface area contributed by atoms with Gasteiger partial charge in [-0.3, -0.25) is 4.79 Å². The zero-order valence-corrected chi connectivity index (χ0v) is 10.6. The van der Waals surface area contributed by atoms with Gasteiger partial charge in [0.2, 0.25) is 0 Å². The van der Waals surface area contributed by atoms with Crippen molar-refractivity contribution in [1.29, 1.82) is 0 Å². The van der Waals surface area contributed by atoms with Gasteiger partial charge in [-0.15, -0.1) is 0 Å². The van der Waals surface area contributed by atoms with Crippen molar-refractivity contribution < 1.29 is 18.0 Å². The molecule has 0 atom stereocenters. The zero-order chi connectivity index (χ0) is 14.9. The molecule has 0 unspecified atom stereocenters. The van der Waals surface area contributed by atoms with Crippen molar-refractivity contribution in [2.45, 2.75) is 0 Å². The SMILES string of the molecule is Nc1cc(F)c(F)cc1C(=O)Nc1ccc(F)cc1Cl. The highest BCUT2D eigenvalue weighted by Crippen LogP contribution is 2.24. The molecule has 0 saturated carbocycles. The molecule has 3 nitrogen and oxygen atoms in total. The Kier molecular flexibility index (Phi) is 3.85. The van der Waals surface area contributed by atoms with Crippen LogP contribution in [-0.4, -0.2) is 5.91 Å². The van der Waals surface area contributed by atoms with Crippen molar-refractivity contribution in [3.63, 3.8) is 0 Å². The average molecular weight is 301 g/mol. The molecule has 20 heavy (non-hydrogen) atoms. The van der Waals surface area contributed by atoms with E-state index in [9.17, 15) is 18.0 Å². The molecule has 0 aromatic heterocycles. The quantitative estimate of drug-likeness (QED) is 0.833. The minimum Gasteiger partial charge on any atom is -0.398 e. The number of nitrogens with one attached hydrogen (secondary N) is 1. The van der Waals surface area contributed by atoms with Crippen LogP contribution in [0, 0.1) is 17.5 Å². The number of hydrogen-bond acceptors (Lipinski definition) is 2. The molecule has 0 aliphatic carbocycles. The predicted octanol–water partition coefficient (Wildman–Crippen LogP) is 3.59. The van der Waals surface area contributed by atoms with E-state index in [0.29, 0.717) is 12.1 Å². The first-order chi connectivity index (χ1) is 9.38. The van der Waals surface area contributed by atoms with E-state index in [1.54, 1.807) is 0 Å². The normalized spacial score (nSPS) is 10.4. The van der Waals surface area contributed by atoms with E-state index in [4.69, 9.17) is 17.3 Å². The number of nitrogen functional groups attached to an aromatic ring is 1. The van der Waals surface area contributed by atoms with Gasteiger partial charge >= 0.3 is 0 Å². The zero-order valence-electron chi connectivity index (χ0n) is 9.88. The molecule has 0 aliphatic heterocycles. The second-order valence-electron chi connectivity index (χ2n) is 3.93. The van der Waals surface area contributed by atoms with Gasteiger partial charge in [-0.1, -0.05) is 11.6 Å². The largest absolute Gasteiger partial charge is 0.398 e. The second-order valence-corrected chi connectivity index (χ2v) is 4.34. The number of benzene rings is 2. The van der Waals surface area contributed by atoms with Crippen LogP contribution in [0.4, 0.5) is 24.5 Å². The molecule has 104 valence electrons. The summed E-state index contributed by atoms with van der Waals surface area (Å²) in [4.78, 5) is 11.9. The number of anilines is 2. The summed E-state index contributed by atoms with van der Waals surface area (Å²) in [6, 6.07) is 4.72. The van der Waals surface area contributed by atoms with Gasteiger partial charge < -0.3 is 11.1 Å². The average Bonchev–Trinajstić information content (AvgIpc) is 2.37. The van der Waals surface area contributed by atoms with E-state index in [1.807, 2.05) is 0 Å². The smallest absolute Gasteiger partial charge is 0.257 e. The van der Waals surface area contributed by atoms with Gasteiger partial charge in [0.05, 0.1) is 16.3 Å². The summed E-state index contributed by atoms with van der Waals surface area (Å²) in [5.74, 6) is -3.70. The Bertz CT molecular complexity index is 692. The Morgan fingerprint density at radius 3 is 2.40 bits per heavy atom. The molecule has 7 heteroatoms. The third kappa shape index (κ3) is 2.85. The fourth-order valence-corrected chi connectivity index (χ4v) is 1.75. The topological polar surface area (TPSA) is 55.1 Å². The molecule has 0 heterocycles. The van der Waals surface area contributed by atoms with Crippen molar-refractivity contribution in [3.8, 4) is 0 Å². The number of carbonyl (C=O) groups is 1. The third-order valence-electron chi connectivity index (χ3n) is 2.52. The van der Waals surface area contributed by atoms with Gasteiger partial charge in [0.1, 0.15) is 5.82 Å². The second kappa shape index (κ2) is 5.42. The predicted molar refractivity (Wildman–Crippen MR) is 70.1 cm³/mol. The van der Waals surface area contributed by atoms with E-state index in [-0.39, 0.29) is 22.0 Å². The molecule has 2 rings (SSSR count). The molecule has 0 saturated heterocycles. The Morgan fingerprint density at radius 2 is 1.75 bits per heavy atom. The number of amides is 1. The van der Waals surface area contributed by atoms with Gasteiger partial charge in [0, 0.05) is 11.8 Å². The molecule has 0 fully saturated rings. The van der Waals surface area contributed by atoms with Gasteiger partial charge in [0.15, 0.2) is 11.6 Å². The van der Waals surface area contributed by atoms with Crippen LogP contribution in [0.25, 0.3) is 0 Å². The van der Waals surface area contributed by atoms with Crippen LogP contribution in [0.15, 0.2) is 30.3 Å². The van der Waals surface area contributed by atoms with E-state index in [0.717, 1.165) is 12.1 Å². The lowest BCUT2D eigenvalue weighted by Gasteiger charge is -2.09. The van der Waals surface area contributed by atoms with Crippen LogP contribution < -0.4 is 11.1 Å². The van der Waals surface area contributed by atoms with Gasteiger partial charge in [0.25, 0.3) is 5.91 Å². The van der Waals surface area contributed by atoms with Crippen LogP contribution in [0.3, 0.4) is 0 Å². The van der Waals surface area contributed by atoms with Gasteiger partial charge in [-0.25, -0.2) is 13.2 Å². The van der Waals surface area contributed by atoms with Gasteiger partial charge in [-0.05, 0) is 24.3 Å². The molecular formula is C13H8ClF3N2O. The number of halogens is 4. The number of hydrogen-bond donors (Lipinski definition) is 2. The molecule has 0 radical (unpaired) electrons. The lowest BCUT2D eigenvalue weighted by atomic mass is 10.1. The van der Waals surface area contributed by atoms with Crippen LogP contribution in [0.5, 0.6) is 0 Å². The summed E-state index contributed by atoms with van der Waals surface area (Å²) < 4.78 is 38.9. The molecule has 0 aliphatic rings. The molecule has 3 N–H and O–H groups in total. The fourth-order valence-electron chi connectivity index (χ4n) is 1.54. The maximum absolute atomic E-state index is 13.1. The summed E-state index contributed by atoms with van der Waals surface area (Å²) in [5.41, 5.74) is 5.10. The fraction of sp³-hybridized carbons (Fsp3) is 0. The number of rotatable bonds is 2. The molecule has 0 bridgehead atoms. The highest BCUT2D eigenvalue weighted by molar-refractivity contribution is 6.34. The lowest BCUT2D eigenvalue weighted by Crippen LogP contribution is -2.15. The standard InChI is InChI=1S/C13H8ClF3N2O/c14-8-3-6(15)1-2-12(8)19-13(20)7-4-9(16)10(17)5-11(7)18/h1-5H,18H2,(H,19,20). The van der Waals surface area contributed by atoms with E-state index < -0.39 is 23.4 Å². The lowest BCUT2D eigenvalue weighted by molar-refractivity contribution is 0.102. The number of carbonyl (C=O) groups excluding carboxylic acids is 1. The van der Waals surface area contributed by atoms with Crippen molar-refractivity contribution in [1.82, 2.24) is 0 Å². The summed E-state index contributed by atoms with van der Waals surface area (Å²) in [6.07, 6.45) is 0. The summed E-state index contributed by atoms with van der Waals surface area (Å²) in [7, 11) is 0. The maximum atomic E-state index is 13.1. The molecule has 2 aromatic carbocycles. The van der Waals surface area contributed by atoms with Crippen molar-refractivity contribution in [2.75, 3.05) is 11.1 Å². The van der Waals surface area contributed by atoms with E-state index >= 15 is 0 Å². The van der Waals surface area contributed by atoms with E-state index in [1.165, 1.54) is 6.07 Å². The summed E-state index contributed by atoms with van der Waals surface area (Å²) >= 11 is 5.74. The highest BCUT2D eigenvalue weighted by Gasteiger charge is 2.15. The Hall–Kier alpha value is -2.21. The summed E-state index contributed by atoms with van der Waals surface area (Å²) in [6.45, 7) is 0.